The van der Waals surface area contributed by atoms with E-state index >= 15 is 0 Å². The summed E-state index contributed by atoms with van der Waals surface area (Å²) >= 11 is 13.3. The molecule has 0 aliphatic heterocycles. The Morgan fingerprint density at radius 1 is 0.833 bits per heavy atom. The lowest BCUT2D eigenvalue weighted by molar-refractivity contribution is -0.140. The highest BCUT2D eigenvalue weighted by molar-refractivity contribution is 7.92. The van der Waals surface area contributed by atoms with Crippen molar-refractivity contribution in [2.45, 2.75) is 76.4 Å². The number of anilines is 1. The van der Waals surface area contributed by atoms with Crippen molar-refractivity contribution in [1.82, 2.24) is 10.2 Å². The average Bonchev–Trinajstić information content (AvgIpc) is 3.57. The second-order valence-electron chi connectivity index (χ2n) is 12.5. The van der Waals surface area contributed by atoms with E-state index in [0.29, 0.717) is 21.3 Å². The maximum absolute atomic E-state index is 14.8. The van der Waals surface area contributed by atoms with Crippen LogP contribution in [0.3, 0.4) is 0 Å². The molecule has 0 bridgehead atoms. The smallest absolute Gasteiger partial charge is 0.264 e. The number of benzene rings is 4. The molecular weight excluding hydrogens is 665 g/mol. The summed E-state index contributed by atoms with van der Waals surface area (Å²) in [5, 5.41) is 3.86. The summed E-state index contributed by atoms with van der Waals surface area (Å²) in [5.41, 5.74) is 4.44. The minimum absolute atomic E-state index is 0.00516. The Hall–Kier alpha value is -3.85. The molecule has 0 spiro atoms. The largest absolute Gasteiger partial charge is 0.352 e. The highest BCUT2D eigenvalue weighted by atomic mass is 35.5. The Bertz CT molecular complexity index is 1840. The molecule has 10 heteroatoms. The van der Waals surface area contributed by atoms with Crippen molar-refractivity contribution in [3.63, 3.8) is 0 Å². The second-order valence-corrected chi connectivity index (χ2v) is 15.2. The van der Waals surface area contributed by atoms with Crippen molar-refractivity contribution in [2.75, 3.05) is 10.8 Å². The van der Waals surface area contributed by atoms with Crippen LogP contribution in [0, 0.1) is 20.8 Å². The maximum Gasteiger partial charge on any atom is 0.264 e. The van der Waals surface area contributed by atoms with Crippen molar-refractivity contribution in [1.29, 1.82) is 0 Å². The summed E-state index contributed by atoms with van der Waals surface area (Å²) in [4.78, 5) is 30.4. The van der Waals surface area contributed by atoms with E-state index in [2.05, 4.69) is 5.32 Å². The third-order valence-corrected chi connectivity index (χ3v) is 11.5. The number of carbonyl (C=O) groups excluding carboxylic acids is 2. The first-order valence-corrected chi connectivity index (χ1v) is 18.4. The summed E-state index contributed by atoms with van der Waals surface area (Å²) < 4.78 is 29.8. The van der Waals surface area contributed by atoms with Crippen molar-refractivity contribution in [2.24, 2.45) is 0 Å². The van der Waals surface area contributed by atoms with Crippen molar-refractivity contribution >= 4 is 50.7 Å². The number of amides is 2. The molecule has 4 aromatic rings. The van der Waals surface area contributed by atoms with Crippen LogP contribution in [0.25, 0.3) is 0 Å². The molecule has 48 heavy (non-hydrogen) atoms. The first-order chi connectivity index (χ1) is 22.9. The predicted molar refractivity (Wildman–Crippen MR) is 193 cm³/mol. The fraction of sp³-hybridized carbons (Fsp3) is 0.316. The van der Waals surface area contributed by atoms with Crippen LogP contribution in [-0.4, -0.2) is 43.8 Å². The molecule has 0 aromatic heterocycles. The van der Waals surface area contributed by atoms with E-state index in [1.165, 1.54) is 17.0 Å². The monoisotopic (exact) mass is 705 g/mol. The number of carbonyl (C=O) groups is 2. The van der Waals surface area contributed by atoms with Gasteiger partial charge in [-0.15, -0.1) is 0 Å². The molecule has 0 radical (unpaired) electrons. The first-order valence-electron chi connectivity index (χ1n) is 16.2. The van der Waals surface area contributed by atoms with Crippen molar-refractivity contribution in [3.8, 4) is 0 Å². The zero-order valence-corrected chi connectivity index (χ0v) is 29.8. The van der Waals surface area contributed by atoms with Crippen LogP contribution in [-0.2, 0) is 32.6 Å². The molecule has 1 atom stereocenters. The van der Waals surface area contributed by atoms with Crippen molar-refractivity contribution < 1.29 is 18.0 Å². The highest BCUT2D eigenvalue weighted by Crippen LogP contribution is 2.30. The lowest BCUT2D eigenvalue weighted by Gasteiger charge is -2.34. The van der Waals surface area contributed by atoms with Crippen LogP contribution in [0.2, 0.25) is 10.0 Å². The van der Waals surface area contributed by atoms with Gasteiger partial charge in [-0.3, -0.25) is 13.9 Å². The molecule has 2 amide bonds. The molecule has 252 valence electrons. The summed E-state index contributed by atoms with van der Waals surface area (Å²) in [7, 11) is -4.21. The number of aryl methyl sites for hydroxylation is 3. The Morgan fingerprint density at radius 2 is 1.48 bits per heavy atom. The quantitative estimate of drug-likeness (QED) is 0.163. The average molecular weight is 707 g/mol. The van der Waals surface area contributed by atoms with Gasteiger partial charge in [-0.1, -0.05) is 96.2 Å². The van der Waals surface area contributed by atoms with E-state index in [1.807, 2.05) is 57.2 Å². The van der Waals surface area contributed by atoms with Gasteiger partial charge >= 0.3 is 0 Å². The van der Waals surface area contributed by atoms with Gasteiger partial charge in [-0.2, -0.15) is 0 Å². The molecule has 0 unspecified atom stereocenters. The Balaban J connectivity index is 1.61. The normalized spacial score (nSPS) is 14.0. The van der Waals surface area contributed by atoms with Crippen LogP contribution in [0.5, 0.6) is 0 Å². The molecule has 1 fully saturated rings. The van der Waals surface area contributed by atoms with Crippen LogP contribution >= 0.6 is 23.2 Å². The summed E-state index contributed by atoms with van der Waals surface area (Å²) in [6.45, 7) is 5.06. The van der Waals surface area contributed by atoms with Crippen LogP contribution in [0.15, 0.2) is 95.9 Å². The van der Waals surface area contributed by atoms with Gasteiger partial charge in [0.05, 0.1) is 10.6 Å². The van der Waals surface area contributed by atoms with Crippen LogP contribution < -0.4 is 9.62 Å². The van der Waals surface area contributed by atoms with E-state index in [9.17, 15) is 18.0 Å². The lowest BCUT2D eigenvalue weighted by Crippen LogP contribution is -2.54. The van der Waals surface area contributed by atoms with Gasteiger partial charge in [0.1, 0.15) is 12.6 Å². The zero-order valence-electron chi connectivity index (χ0n) is 27.5. The molecule has 1 aliphatic carbocycles. The molecule has 1 aliphatic rings. The Kier molecular flexibility index (Phi) is 11.5. The van der Waals surface area contributed by atoms with Gasteiger partial charge in [0.25, 0.3) is 10.0 Å². The van der Waals surface area contributed by atoms with Crippen molar-refractivity contribution in [3.05, 3.63) is 129 Å². The number of rotatable bonds is 12. The molecule has 4 aromatic carbocycles. The Labute approximate surface area is 293 Å². The molecule has 0 saturated heterocycles. The van der Waals surface area contributed by atoms with Gasteiger partial charge in [0.15, 0.2) is 0 Å². The lowest BCUT2D eigenvalue weighted by atomic mass is 10.0. The standard InChI is InChI=1S/C38H41Cl2N3O4S/c1-26-16-20-32(21-17-26)48(46,47)43(31-19-18-27(2)28(3)22-31)25-37(44)42(24-33-34(39)14-9-15-35(33)40)36(23-29-10-5-4-6-11-29)38(45)41-30-12-7-8-13-30/h4-6,9-11,14-22,30,36H,7-8,12-13,23-25H2,1-3H3,(H,41,45)/t36-/m1/s1. The van der Waals surface area contributed by atoms with Gasteiger partial charge in [-0.05, 0) is 86.7 Å². The summed E-state index contributed by atoms with van der Waals surface area (Å²) in [6, 6.07) is 25.4. The fourth-order valence-corrected chi connectivity index (χ4v) is 7.95. The summed E-state index contributed by atoms with van der Waals surface area (Å²) in [5.74, 6) is -0.871. The molecule has 1 saturated carbocycles. The molecular formula is C38H41Cl2N3O4S. The number of nitrogens with zero attached hydrogens (tertiary/aromatic N) is 2. The van der Waals surface area contributed by atoms with E-state index in [-0.39, 0.29) is 29.8 Å². The van der Waals surface area contributed by atoms with E-state index in [0.717, 1.165) is 52.2 Å². The number of hydrogen-bond acceptors (Lipinski definition) is 4. The zero-order chi connectivity index (χ0) is 34.4. The fourth-order valence-electron chi connectivity index (χ4n) is 6.02. The van der Waals surface area contributed by atoms with Crippen LogP contribution in [0.1, 0.15) is 53.5 Å². The van der Waals surface area contributed by atoms with Gasteiger partial charge in [-0.25, -0.2) is 8.42 Å². The summed E-state index contributed by atoms with van der Waals surface area (Å²) in [6.07, 6.45) is 3.98. The minimum Gasteiger partial charge on any atom is -0.352 e. The van der Waals surface area contributed by atoms with Crippen LogP contribution in [0.4, 0.5) is 5.69 Å². The molecule has 7 nitrogen and oxygen atoms in total. The first kappa shape index (κ1) is 35.5. The molecule has 5 rings (SSSR count). The highest BCUT2D eigenvalue weighted by Gasteiger charge is 2.36. The minimum atomic E-state index is -4.21. The number of hydrogen-bond donors (Lipinski definition) is 1. The third kappa shape index (κ3) is 8.41. The maximum atomic E-state index is 14.8. The molecule has 0 heterocycles. The van der Waals surface area contributed by atoms with Gasteiger partial charge in [0.2, 0.25) is 11.8 Å². The molecule has 1 N–H and O–H groups in total. The van der Waals surface area contributed by atoms with Gasteiger partial charge in [0, 0.05) is 34.6 Å². The number of sulfonamides is 1. The SMILES string of the molecule is Cc1ccc(S(=O)(=O)N(CC(=O)N(Cc2c(Cl)cccc2Cl)[C@H](Cc2ccccc2)C(=O)NC2CCCC2)c2ccc(C)c(C)c2)cc1. The van der Waals surface area contributed by atoms with Gasteiger partial charge < -0.3 is 10.2 Å². The van der Waals surface area contributed by atoms with E-state index in [4.69, 9.17) is 23.2 Å². The third-order valence-electron chi connectivity index (χ3n) is 9.03. The Morgan fingerprint density at radius 3 is 2.10 bits per heavy atom. The second kappa shape index (κ2) is 15.6. The van der Waals surface area contributed by atoms with E-state index < -0.39 is 28.5 Å². The predicted octanol–water partition coefficient (Wildman–Crippen LogP) is 7.81. The number of nitrogens with one attached hydrogen (secondary N) is 1. The topological polar surface area (TPSA) is 86.8 Å². The van der Waals surface area contributed by atoms with E-state index in [1.54, 1.807) is 42.5 Å². The number of halogens is 2.